The number of aldehydes is 1. The van der Waals surface area contributed by atoms with Crippen molar-refractivity contribution in [3.05, 3.63) is 0 Å². The largest absolute Gasteiger partial charge is 0.444 e. The van der Waals surface area contributed by atoms with E-state index in [1.54, 1.807) is 0 Å². The van der Waals surface area contributed by atoms with E-state index >= 15 is 0 Å². The van der Waals surface area contributed by atoms with Crippen LogP contribution in [0.15, 0.2) is 0 Å². The first-order valence-corrected chi connectivity index (χ1v) is 6.76. The Bertz CT molecular complexity index is 332. The van der Waals surface area contributed by atoms with Gasteiger partial charge in [0.05, 0.1) is 0 Å². The van der Waals surface area contributed by atoms with E-state index < -0.39 is 5.60 Å². The van der Waals surface area contributed by atoms with Crippen molar-refractivity contribution in [3.63, 3.8) is 0 Å². The molecule has 1 N–H and O–H groups in total. The van der Waals surface area contributed by atoms with E-state index in [4.69, 9.17) is 4.74 Å². The lowest BCUT2D eigenvalue weighted by Crippen LogP contribution is -2.57. The Balaban J connectivity index is 1.95. The molecule has 3 aliphatic rings. The van der Waals surface area contributed by atoms with Gasteiger partial charge < -0.3 is 14.8 Å². The molecule has 0 unspecified atom stereocenters. The van der Waals surface area contributed by atoms with Gasteiger partial charge >= 0.3 is 6.09 Å². The van der Waals surface area contributed by atoms with Crippen molar-refractivity contribution in [3.8, 4) is 0 Å². The number of nitrogens with one attached hydrogen (secondary N) is 1. The molecule has 0 aromatic carbocycles. The fourth-order valence-electron chi connectivity index (χ4n) is 3.10. The summed E-state index contributed by atoms with van der Waals surface area (Å²) < 4.78 is 5.32. The van der Waals surface area contributed by atoms with Crippen LogP contribution in [0.4, 0.5) is 4.79 Å². The van der Waals surface area contributed by atoms with Crippen molar-refractivity contribution in [2.75, 3.05) is 0 Å². The number of alkyl carbamates (subject to hydrolysis) is 1. The van der Waals surface area contributed by atoms with Crippen LogP contribution < -0.4 is 5.32 Å². The number of amides is 1. The van der Waals surface area contributed by atoms with E-state index in [-0.39, 0.29) is 17.0 Å². The molecule has 3 rings (SSSR count). The minimum atomic E-state index is -0.462. The van der Waals surface area contributed by atoms with Crippen molar-refractivity contribution in [1.29, 1.82) is 0 Å². The molecule has 102 valence electrons. The smallest absolute Gasteiger partial charge is 0.408 e. The fraction of sp³-hybridized carbons (Fsp3) is 0.857. The molecule has 1 amide bonds. The van der Waals surface area contributed by atoms with Crippen molar-refractivity contribution >= 4 is 12.4 Å². The average Bonchev–Trinajstić information content (AvgIpc) is 2.28. The summed E-state index contributed by atoms with van der Waals surface area (Å²) in [6, 6.07) is 0. The molecule has 18 heavy (non-hydrogen) atoms. The first-order valence-electron chi connectivity index (χ1n) is 6.76. The van der Waals surface area contributed by atoms with E-state index in [2.05, 4.69) is 5.32 Å². The van der Waals surface area contributed by atoms with Gasteiger partial charge in [-0.25, -0.2) is 4.79 Å². The lowest BCUT2D eigenvalue weighted by molar-refractivity contribution is -0.122. The molecule has 3 saturated carbocycles. The summed E-state index contributed by atoms with van der Waals surface area (Å²) in [5, 5.41) is 3.04. The van der Waals surface area contributed by atoms with Gasteiger partial charge in [-0.05, 0) is 59.3 Å². The van der Waals surface area contributed by atoms with Gasteiger partial charge in [0.1, 0.15) is 11.9 Å². The maximum Gasteiger partial charge on any atom is 0.408 e. The monoisotopic (exact) mass is 253 g/mol. The Labute approximate surface area is 108 Å². The normalized spacial score (nSPS) is 35.1. The van der Waals surface area contributed by atoms with Gasteiger partial charge in [0.2, 0.25) is 0 Å². The maximum absolute atomic E-state index is 11.9. The van der Waals surface area contributed by atoms with Gasteiger partial charge in [-0.1, -0.05) is 0 Å². The zero-order chi connectivity index (χ0) is 13.4. The van der Waals surface area contributed by atoms with Crippen molar-refractivity contribution < 1.29 is 14.3 Å². The molecular weight excluding hydrogens is 230 g/mol. The molecule has 4 nitrogen and oxygen atoms in total. The van der Waals surface area contributed by atoms with Crippen LogP contribution in [0.5, 0.6) is 0 Å². The van der Waals surface area contributed by atoms with Crippen molar-refractivity contribution in [1.82, 2.24) is 5.32 Å². The average molecular weight is 253 g/mol. The highest BCUT2D eigenvalue weighted by Crippen LogP contribution is 2.51. The molecule has 0 aromatic rings. The Morgan fingerprint density at radius 2 is 1.61 bits per heavy atom. The SMILES string of the molecule is CC(C)(C)OC(=O)NC12CCC(C=O)(CC1)CC2. The molecule has 0 saturated heterocycles. The minimum Gasteiger partial charge on any atom is -0.444 e. The summed E-state index contributed by atoms with van der Waals surface area (Å²) in [6.45, 7) is 5.59. The van der Waals surface area contributed by atoms with Gasteiger partial charge in [-0.2, -0.15) is 0 Å². The summed E-state index contributed by atoms with van der Waals surface area (Å²) in [6.07, 6.45) is 6.16. The van der Waals surface area contributed by atoms with Gasteiger partial charge in [-0.3, -0.25) is 0 Å². The summed E-state index contributed by atoms with van der Waals surface area (Å²) in [5.74, 6) is 0. The molecule has 0 spiro atoms. The summed E-state index contributed by atoms with van der Waals surface area (Å²) in [7, 11) is 0. The number of rotatable bonds is 2. The zero-order valence-corrected chi connectivity index (χ0v) is 11.5. The summed E-state index contributed by atoms with van der Waals surface area (Å²) in [4.78, 5) is 23.0. The van der Waals surface area contributed by atoms with Crippen LogP contribution >= 0.6 is 0 Å². The van der Waals surface area contributed by atoms with Crippen LogP contribution in [0.3, 0.4) is 0 Å². The second-order valence-corrected chi connectivity index (χ2v) is 6.89. The van der Waals surface area contributed by atoms with E-state index in [1.807, 2.05) is 20.8 Å². The Morgan fingerprint density at radius 1 is 1.11 bits per heavy atom. The fourth-order valence-corrected chi connectivity index (χ4v) is 3.10. The predicted molar refractivity (Wildman–Crippen MR) is 68.3 cm³/mol. The third kappa shape index (κ3) is 2.68. The molecule has 4 heteroatoms. The molecule has 2 bridgehead atoms. The Hall–Kier alpha value is -1.06. The molecule has 0 heterocycles. The molecule has 3 fully saturated rings. The second-order valence-electron chi connectivity index (χ2n) is 6.89. The number of carbonyl (C=O) groups is 2. The first-order chi connectivity index (χ1) is 8.28. The molecular formula is C14H23NO3. The van der Waals surface area contributed by atoms with Crippen LogP contribution in [0.2, 0.25) is 0 Å². The number of fused-ring (bicyclic) bond motifs is 3. The lowest BCUT2D eigenvalue weighted by atomic mass is 9.58. The van der Waals surface area contributed by atoms with Gasteiger partial charge in [-0.15, -0.1) is 0 Å². The quantitative estimate of drug-likeness (QED) is 0.770. The van der Waals surface area contributed by atoms with Crippen molar-refractivity contribution in [2.24, 2.45) is 5.41 Å². The van der Waals surface area contributed by atoms with Gasteiger partial charge in [0.15, 0.2) is 0 Å². The molecule has 3 aliphatic carbocycles. The van der Waals surface area contributed by atoms with Crippen LogP contribution in [0, 0.1) is 5.41 Å². The van der Waals surface area contributed by atoms with Gasteiger partial charge in [0, 0.05) is 11.0 Å². The topological polar surface area (TPSA) is 55.4 Å². The van der Waals surface area contributed by atoms with Gasteiger partial charge in [0.25, 0.3) is 0 Å². The van der Waals surface area contributed by atoms with E-state index in [1.165, 1.54) is 0 Å². The summed E-state index contributed by atoms with van der Waals surface area (Å²) >= 11 is 0. The second kappa shape index (κ2) is 4.25. The lowest BCUT2D eigenvalue weighted by Gasteiger charge is -2.51. The van der Waals surface area contributed by atoms with E-state index in [9.17, 15) is 9.59 Å². The maximum atomic E-state index is 11.9. The van der Waals surface area contributed by atoms with Crippen LogP contribution in [0.25, 0.3) is 0 Å². The third-order valence-corrected chi connectivity index (χ3v) is 4.32. The van der Waals surface area contributed by atoms with Crippen molar-refractivity contribution in [2.45, 2.75) is 70.4 Å². The Kier molecular flexibility index (Phi) is 3.16. The van der Waals surface area contributed by atoms with E-state index in [0.29, 0.717) is 0 Å². The Morgan fingerprint density at radius 3 is 2.00 bits per heavy atom. The molecule has 0 aromatic heterocycles. The first kappa shape index (κ1) is 13.4. The van der Waals surface area contributed by atoms with Crippen LogP contribution in [-0.2, 0) is 9.53 Å². The highest BCUT2D eigenvalue weighted by atomic mass is 16.6. The number of carbonyl (C=O) groups excluding carboxylic acids is 2. The molecule has 0 radical (unpaired) electrons. The number of hydrogen-bond donors (Lipinski definition) is 1. The minimum absolute atomic E-state index is 0.0998. The summed E-state index contributed by atoms with van der Waals surface area (Å²) in [5.41, 5.74) is -0.693. The number of hydrogen-bond acceptors (Lipinski definition) is 3. The predicted octanol–water partition coefficient (Wildman–Crippen LogP) is 2.80. The van der Waals surface area contributed by atoms with Crippen LogP contribution in [-0.4, -0.2) is 23.5 Å². The third-order valence-electron chi connectivity index (χ3n) is 4.32. The highest BCUT2D eigenvalue weighted by Gasteiger charge is 2.49. The zero-order valence-electron chi connectivity index (χ0n) is 11.5. The molecule has 0 atom stereocenters. The highest BCUT2D eigenvalue weighted by molar-refractivity contribution is 5.69. The van der Waals surface area contributed by atoms with E-state index in [0.717, 1.165) is 44.8 Å². The number of ether oxygens (including phenoxy) is 1. The standard InChI is InChI=1S/C14H23NO3/c1-12(2,3)18-11(17)15-14-7-4-13(10-16,5-8-14)6-9-14/h10H,4-9H2,1-3H3,(H,15,17). The van der Waals surface area contributed by atoms with Crippen LogP contribution in [0.1, 0.15) is 59.3 Å². The molecule has 0 aliphatic heterocycles.